The number of methoxy groups -OCH3 is 3. The summed E-state index contributed by atoms with van der Waals surface area (Å²) in [6.45, 7) is 0. The number of thiazole rings is 1. The summed E-state index contributed by atoms with van der Waals surface area (Å²) >= 11 is 1.40. The highest BCUT2D eigenvalue weighted by atomic mass is 32.1. The van der Waals surface area contributed by atoms with Crippen LogP contribution in [0.3, 0.4) is 0 Å². The van der Waals surface area contributed by atoms with Gasteiger partial charge in [0.15, 0.2) is 5.13 Å². The van der Waals surface area contributed by atoms with E-state index in [9.17, 15) is 4.79 Å². The van der Waals surface area contributed by atoms with Gasteiger partial charge in [-0.1, -0.05) is 0 Å². The molecular weight excluding hydrogens is 292 g/mol. The van der Waals surface area contributed by atoms with Crippen LogP contribution in [0.4, 0.5) is 10.8 Å². The number of anilines is 2. The van der Waals surface area contributed by atoms with Crippen molar-refractivity contribution in [2.45, 2.75) is 6.42 Å². The molecule has 0 fully saturated rings. The van der Waals surface area contributed by atoms with Gasteiger partial charge in [0.05, 0.1) is 39.1 Å². The maximum atomic E-state index is 11.2. The Labute approximate surface area is 126 Å². The summed E-state index contributed by atoms with van der Waals surface area (Å²) in [6.07, 6.45) is 0.157. The van der Waals surface area contributed by atoms with Gasteiger partial charge in [0, 0.05) is 11.4 Å². The lowest BCUT2D eigenvalue weighted by molar-refractivity contribution is -0.139. The highest BCUT2D eigenvalue weighted by Crippen LogP contribution is 2.32. The van der Waals surface area contributed by atoms with E-state index in [-0.39, 0.29) is 12.4 Å². The van der Waals surface area contributed by atoms with Crippen LogP contribution in [0.1, 0.15) is 5.69 Å². The zero-order valence-electron chi connectivity index (χ0n) is 12.0. The van der Waals surface area contributed by atoms with E-state index in [1.54, 1.807) is 14.2 Å². The molecule has 21 heavy (non-hydrogen) atoms. The fraction of sp³-hybridized carbons (Fsp3) is 0.286. The molecule has 0 amide bonds. The Morgan fingerprint density at radius 2 is 2.10 bits per heavy atom. The fourth-order valence-electron chi connectivity index (χ4n) is 1.69. The lowest BCUT2D eigenvalue weighted by atomic mass is 10.2. The Bertz CT molecular complexity index is 627. The van der Waals surface area contributed by atoms with Crippen LogP contribution < -0.4 is 14.8 Å². The predicted octanol–water partition coefficient (Wildman–Crippen LogP) is 2.62. The molecule has 2 rings (SSSR count). The number of benzene rings is 1. The normalized spacial score (nSPS) is 10.0. The van der Waals surface area contributed by atoms with E-state index in [2.05, 4.69) is 15.0 Å². The number of carbonyl (C=O) groups excluding carboxylic acids is 1. The van der Waals surface area contributed by atoms with Crippen molar-refractivity contribution in [1.29, 1.82) is 0 Å². The van der Waals surface area contributed by atoms with Gasteiger partial charge in [-0.15, -0.1) is 11.3 Å². The molecule has 0 saturated carbocycles. The van der Waals surface area contributed by atoms with Crippen molar-refractivity contribution < 1.29 is 19.0 Å². The fourth-order valence-corrected chi connectivity index (χ4v) is 2.42. The molecule has 0 radical (unpaired) electrons. The van der Waals surface area contributed by atoms with E-state index in [0.717, 1.165) is 5.69 Å². The van der Waals surface area contributed by atoms with Gasteiger partial charge in [-0.25, -0.2) is 4.98 Å². The minimum absolute atomic E-state index is 0.157. The number of nitrogens with one attached hydrogen (secondary N) is 1. The Kier molecular flexibility index (Phi) is 4.99. The molecule has 1 aromatic carbocycles. The maximum Gasteiger partial charge on any atom is 0.311 e. The van der Waals surface area contributed by atoms with Crippen LogP contribution in [0.25, 0.3) is 0 Å². The molecule has 0 spiro atoms. The van der Waals surface area contributed by atoms with Crippen molar-refractivity contribution >= 4 is 28.1 Å². The first kappa shape index (κ1) is 15.1. The molecule has 0 aliphatic carbocycles. The molecule has 0 unspecified atom stereocenters. The average molecular weight is 308 g/mol. The Hall–Kier alpha value is -2.28. The van der Waals surface area contributed by atoms with Crippen LogP contribution in [0, 0.1) is 0 Å². The molecule has 112 valence electrons. The molecule has 2 aromatic rings. The van der Waals surface area contributed by atoms with Gasteiger partial charge in [-0.3, -0.25) is 4.79 Å². The van der Waals surface area contributed by atoms with E-state index in [1.165, 1.54) is 18.4 Å². The van der Waals surface area contributed by atoms with Crippen LogP contribution in [-0.4, -0.2) is 32.3 Å². The molecule has 0 atom stereocenters. The predicted molar refractivity (Wildman–Crippen MR) is 80.7 cm³/mol. The van der Waals surface area contributed by atoms with Crippen molar-refractivity contribution in [3.63, 3.8) is 0 Å². The second kappa shape index (κ2) is 6.94. The SMILES string of the molecule is COC(=O)Cc1csc(Nc2cc(OC)ccc2OC)n1. The number of hydrogen-bond donors (Lipinski definition) is 1. The van der Waals surface area contributed by atoms with E-state index in [4.69, 9.17) is 9.47 Å². The summed E-state index contributed by atoms with van der Waals surface area (Å²) in [5.41, 5.74) is 1.41. The van der Waals surface area contributed by atoms with Gasteiger partial charge < -0.3 is 19.5 Å². The van der Waals surface area contributed by atoms with Crippen molar-refractivity contribution in [2.24, 2.45) is 0 Å². The number of aromatic nitrogens is 1. The van der Waals surface area contributed by atoms with Gasteiger partial charge in [0.25, 0.3) is 0 Å². The highest BCUT2D eigenvalue weighted by Gasteiger charge is 2.10. The first-order valence-corrected chi connectivity index (χ1v) is 7.04. The molecule has 0 aliphatic rings. The molecule has 7 heteroatoms. The third kappa shape index (κ3) is 3.85. The van der Waals surface area contributed by atoms with Crippen LogP contribution in [0.2, 0.25) is 0 Å². The molecule has 0 saturated heterocycles. The van der Waals surface area contributed by atoms with Gasteiger partial charge in [-0.05, 0) is 12.1 Å². The zero-order valence-corrected chi connectivity index (χ0v) is 12.8. The Balaban J connectivity index is 2.16. The zero-order chi connectivity index (χ0) is 15.2. The minimum Gasteiger partial charge on any atom is -0.497 e. The van der Waals surface area contributed by atoms with E-state index < -0.39 is 0 Å². The highest BCUT2D eigenvalue weighted by molar-refractivity contribution is 7.13. The van der Waals surface area contributed by atoms with Crippen LogP contribution >= 0.6 is 11.3 Å². The minimum atomic E-state index is -0.314. The van der Waals surface area contributed by atoms with E-state index in [0.29, 0.717) is 22.3 Å². The Morgan fingerprint density at radius 3 is 2.76 bits per heavy atom. The van der Waals surface area contributed by atoms with E-state index in [1.807, 2.05) is 23.6 Å². The van der Waals surface area contributed by atoms with Gasteiger partial charge in [0.1, 0.15) is 11.5 Å². The third-order valence-electron chi connectivity index (χ3n) is 2.75. The Morgan fingerprint density at radius 1 is 1.29 bits per heavy atom. The third-order valence-corrected chi connectivity index (χ3v) is 3.56. The average Bonchev–Trinajstić information content (AvgIpc) is 2.94. The second-order valence-corrected chi connectivity index (χ2v) is 4.95. The maximum absolute atomic E-state index is 11.2. The summed E-state index contributed by atoms with van der Waals surface area (Å²) in [4.78, 5) is 15.6. The summed E-state index contributed by atoms with van der Waals surface area (Å²) in [5, 5.41) is 5.64. The summed E-state index contributed by atoms with van der Waals surface area (Å²) in [7, 11) is 4.55. The molecule has 6 nitrogen and oxygen atoms in total. The van der Waals surface area contributed by atoms with E-state index >= 15 is 0 Å². The first-order chi connectivity index (χ1) is 10.2. The smallest absolute Gasteiger partial charge is 0.311 e. The molecule has 1 aromatic heterocycles. The van der Waals surface area contributed by atoms with Crippen molar-refractivity contribution in [1.82, 2.24) is 4.98 Å². The summed E-state index contributed by atoms with van der Waals surface area (Å²) < 4.78 is 15.1. The first-order valence-electron chi connectivity index (χ1n) is 6.16. The van der Waals surface area contributed by atoms with Crippen LogP contribution in [0.15, 0.2) is 23.6 Å². The number of carbonyl (C=O) groups is 1. The molecule has 1 heterocycles. The van der Waals surface area contributed by atoms with Gasteiger partial charge in [0.2, 0.25) is 0 Å². The standard InChI is InChI=1S/C14H16N2O4S/c1-18-10-4-5-12(19-2)11(7-10)16-14-15-9(8-21-14)6-13(17)20-3/h4-5,7-8H,6H2,1-3H3,(H,15,16). The number of hydrogen-bond acceptors (Lipinski definition) is 7. The van der Waals surface area contributed by atoms with Gasteiger partial charge in [-0.2, -0.15) is 0 Å². The van der Waals surface area contributed by atoms with Crippen LogP contribution in [-0.2, 0) is 16.0 Å². The number of esters is 1. The molecule has 0 aliphatic heterocycles. The monoisotopic (exact) mass is 308 g/mol. The topological polar surface area (TPSA) is 69.7 Å². The van der Waals surface area contributed by atoms with Crippen molar-refractivity contribution in [2.75, 3.05) is 26.6 Å². The summed E-state index contributed by atoms with van der Waals surface area (Å²) in [5.74, 6) is 1.08. The molecule has 0 bridgehead atoms. The molecular formula is C14H16N2O4S. The van der Waals surface area contributed by atoms with Crippen LogP contribution in [0.5, 0.6) is 11.5 Å². The quantitative estimate of drug-likeness (QED) is 0.827. The number of rotatable bonds is 6. The summed E-state index contributed by atoms with van der Waals surface area (Å²) in [6, 6.07) is 5.44. The number of nitrogens with zero attached hydrogens (tertiary/aromatic N) is 1. The lowest BCUT2D eigenvalue weighted by Gasteiger charge is -2.10. The number of ether oxygens (including phenoxy) is 3. The largest absolute Gasteiger partial charge is 0.497 e. The molecule has 1 N–H and O–H groups in total. The second-order valence-electron chi connectivity index (χ2n) is 4.09. The van der Waals surface area contributed by atoms with Crippen molar-refractivity contribution in [3.05, 3.63) is 29.3 Å². The lowest BCUT2D eigenvalue weighted by Crippen LogP contribution is -2.04. The van der Waals surface area contributed by atoms with Crippen molar-refractivity contribution in [3.8, 4) is 11.5 Å². The van der Waals surface area contributed by atoms with Gasteiger partial charge >= 0.3 is 5.97 Å².